The fourth-order valence-electron chi connectivity index (χ4n) is 2.75. The van der Waals surface area contributed by atoms with E-state index in [2.05, 4.69) is 25.9 Å². The Morgan fingerprint density at radius 1 is 1.06 bits per heavy atom. The molecule has 1 aromatic carbocycles. The van der Waals surface area contributed by atoms with E-state index in [4.69, 9.17) is 10.8 Å². The van der Waals surface area contributed by atoms with E-state index in [0.717, 1.165) is 5.56 Å². The Bertz CT molecular complexity index is 887. The van der Waals surface area contributed by atoms with Crippen molar-refractivity contribution in [3.63, 3.8) is 0 Å². The minimum absolute atomic E-state index is 0.0609. The summed E-state index contributed by atoms with van der Waals surface area (Å²) in [4.78, 5) is 54.6. The molecule has 7 N–H and O–H groups in total. The van der Waals surface area contributed by atoms with Crippen molar-refractivity contribution in [2.75, 3.05) is 6.54 Å². The Morgan fingerprint density at radius 3 is 2.39 bits per heavy atom. The lowest BCUT2D eigenvalue weighted by atomic mass is 10.1. The summed E-state index contributed by atoms with van der Waals surface area (Å²) in [6.07, 6.45) is 3.27. The van der Waals surface area contributed by atoms with Gasteiger partial charge in [-0.1, -0.05) is 30.3 Å². The molecule has 11 heteroatoms. The molecule has 0 radical (unpaired) electrons. The maximum absolute atomic E-state index is 12.6. The van der Waals surface area contributed by atoms with Crippen LogP contribution in [0.4, 0.5) is 0 Å². The highest BCUT2D eigenvalue weighted by atomic mass is 16.4. The third-order valence-electron chi connectivity index (χ3n) is 4.41. The molecule has 2 rings (SSSR count). The van der Waals surface area contributed by atoms with Crippen LogP contribution in [0, 0.1) is 0 Å². The van der Waals surface area contributed by atoms with Gasteiger partial charge >= 0.3 is 5.97 Å². The molecule has 3 amide bonds. The number of amides is 3. The number of nitrogens with two attached hydrogens (primary N) is 1. The average molecular weight is 430 g/mol. The molecule has 31 heavy (non-hydrogen) atoms. The van der Waals surface area contributed by atoms with Crippen molar-refractivity contribution in [1.82, 2.24) is 25.9 Å². The summed E-state index contributed by atoms with van der Waals surface area (Å²) in [7, 11) is 0. The molecule has 0 saturated heterocycles. The number of rotatable bonds is 11. The normalized spacial score (nSPS) is 13.5. The molecule has 0 aliphatic heterocycles. The van der Waals surface area contributed by atoms with Gasteiger partial charge in [0.2, 0.25) is 17.7 Å². The van der Waals surface area contributed by atoms with Crippen molar-refractivity contribution in [2.24, 2.45) is 5.73 Å². The van der Waals surface area contributed by atoms with Gasteiger partial charge < -0.3 is 31.8 Å². The highest BCUT2D eigenvalue weighted by Crippen LogP contribution is 2.03. The topological polar surface area (TPSA) is 179 Å². The predicted octanol–water partition coefficient (Wildman–Crippen LogP) is -1.29. The van der Waals surface area contributed by atoms with Crippen LogP contribution >= 0.6 is 0 Å². The molecule has 1 aromatic heterocycles. The van der Waals surface area contributed by atoms with Gasteiger partial charge in [0.05, 0.1) is 12.4 Å². The smallest absolute Gasteiger partial charge is 0.322 e. The zero-order valence-electron chi connectivity index (χ0n) is 17.0. The molecule has 0 bridgehead atoms. The van der Waals surface area contributed by atoms with Gasteiger partial charge in [0.25, 0.3) is 0 Å². The maximum Gasteiger partial charge on any atom is 0.322 e. The van der Waals surface area contributed by atoms with E-state index in [1.54, 1.807) is 0 Å². The van der Waals surface area contributed by atoms with E-state index < -0.39 is 48.4 Å². The van der Waals surface area contributed by atoms with Crippen LogP contribution < -0.4 is 21.7 Å². The molecule has 0 aliphatic carbocycles. The Morgan fingerprint density at radius 2 is 1.77 bits per heavy atom. The molecule has 0 fully saturated rings. The van der Waals surface area contributed by atoms with Crippen molar-refractivity contribution >= 4 is 23.7 Å². The summed E-state index contributed by atoms with van der Waals surface area (Å²) in [5.41, 5.74) is 7.38. The average Bonchev–Trinajstić information content (AvgIpc) is 3.25. The molecule has 0 aliphatic rings. The number of carbonyl (C=O) groups is 4. The summed E-state index contributed by atoms with van der Waals surface area (Å²) in [5.74, 6) is -3.01. The van der Waals surface area contributed by atoms with Crippen LogP contribution in [0.1, 0.15) is 18.2 Å². The highest BCUT2D eigenvalue weighted by Gasteiger charge is 2.26. The zero-order valence-corrected chi connectivity index (χ0v) is 17.0. The first-order valence-electron chi connectivity index (χ1n) is 9.63. The lowest BCUT2D eigenvalue weighted by Gasteiger charge is -2.21. The Labute approximate surface area is 178 Å². The quantitative estimate of drug-likeness (QED) is 0.257. The summed E-state index contributed by atoms with van der Waals surface area (Å²) >= 11 is 0. The first kappa shape index (κ1) is 23.5. The summed E-state index contributed by atoms with van der Waals surface area (Å²) in [6, 6.07) is 6.34. The number of hydrogen-bond donors (Lipinski definition) is 6. The van der Waals surface area contributed by atoms with E-state index >= 15 is 0 Å². The van der Waals surface area contributed by atoms with Crippen LogP contribution in [0.2, 0.25) is 0 Å². The van der Waals surface area contributed by atoms with Crippen molar-refractivity contribution in [2.45, 2.75) is 37.9 Å². The molecule has 166 valence electrons. The van der Waals surface area contributed by atoms with Crippen LogP contribution in [0.3, 0.4) is 0 Å². The predicted molar refractivity (Wildman–Crippen MR) is 111 cm³/mol. The number of benzene rings is 1. The minimum Gasteiger partial charge on any atom is -0.480 e. The van der Waals surface area contributed by atoms with Gasteiger partial charge in [-0.2, -0.15) is 0 Å². The third kappa shape index (κ3) is 7.90. The van der Waals surface area contributed by atoms with Crippen LogP contribution in [-0.4, -0.2) is 63.4 Å². The third-order valence-corrected chi connectivity index (χ3v) is 4.41. The van der Waals surface area contributed by atoms with E-state index in [1.807, 2.05) is 30.3 Å². The largest absolute Gasteiger partial charge is 0.480 e. The van der Waals surface area contributed by atoms with Gasteiger partial charge in [0, 0.05) is 18.3 Å². The molecule has 0 saturated carbocycles. The Kier molecular flexibility index (Phi) is 8.70. The fraction of sp³-hybridized carbons (Fsp3) is 0.350. The van der Waals surface area contributed by atoms with Gasteiger partial charge in [-0.25, -0.2) is 4.98 Å². The van der Waals surface area contributed by atoms with E-state index in [1.165, 1.54) is 19.4 Å². The number of aliphatic carboxylic acids is 1. The van der Waals surface area contributed by atoms with Crippen molar-refractivity contribution < 1.29 is 24.3 Å². The van der Waals surface area contributed by atoms with Crippen LogP contribution in [0.25, 0.3) is 0 Å². The molecule has 1 heterocycles. The van der Waals surface area contributed by atoms with Gasteiger partial charge in [-0.05, 0) is 18.9 Å². The Hall–Kier alpha value is -3.73. The molecule has 3 unspecified atom stereocenters. The van der Waals surface area contributed by atoms with E-state index in [-0.39, 0.29) is 6.42 Å². The second-order valence-corrected chi connectivity index (χ2v) is 6.98. The second kappa shape index (κ2) is 11.5. The van der Waals surface area contributed by atoms with Crippen LogP contribution in [0.5, 0.6) is 0 Å². The number of nitrogens with zero attached hydrogens (tertiary/aromatic N) is 1. The van der Waals surface area contributed by atoms with Crippen molar-refractivity contribution in [1.29, 1.82) is 0 Å². The van der Waals surface area contributed by atoms with E-state index in [9.17, 15) is 19.2 Å². The fourth-order valence-corrected chi connectivity index (χ4v) is 2.75. The number of carboxylic acid groups (broad SMARTS) is 1. The number of H-pyrrole nitrogens is 1. The highest BCUT2D eigenvalue weighted by molar-refractivity contribution is 5.93. The number of carboxylic acids is 1. The first-order chi connectivity index (χ1) is 14.8. The lowest BCUT2D eigenvalue weighted by molar-refractivity contribution is -0.138. The number of carbonyl (C=O) groups excluding carboxylic acids is 3. The number of hydrogen-bond acceptors (Lipinski definition) is 6. The number of imidazole rings is 1. The zero-order chi connectivity index (χ0) is 22.8. The number of nitrogens with one attached hydrogen (secondary N) is 4. The molecular formula is C20H26N6O5. The maximum atomic E-state index is 12.6. The Balaban J connectivity index is 1.94. The van der Waals surface area contributed by atoms with E-state index in [0.29, 0.717) is 12.1 Å². The van der Waals surface area contributed by atoms with Crippen LogP contribution in [-0.2, 0) is 32.0 Å². The molecule has 11 nitrogen and oxygen atoms in total. The van der Waals surface area contributed by atoms with Crippen LogP contribution in [0.15, 0.2) is 42.9 Å². The molecule has 2 aromatic rings. The minimum atomic E-state index is -1.21. The van der Waals surface area contributed by atoms with Crippen molar-refractivity contribution in [3.8, 4) is 0 Å². The lowest BCUT2D eigenvalue weighted by Crippen LogP contribution is -2.55. The van der Waals surface area contributed by atoms with Gasteiger partial charge in [-0.15, -0.1) is 0 Å². The van der Waals surface area contributed by atoms with Gasteiger partial charge in [-0.3, -0.25) is 19.2 Å². The van der Waals surface area contributed by atoms with Gasteiger partial charge in [0.15, 0.2) is 0 Å². The first-order valence-corrected chi connectivity index (χ1v) is 9.63. The van der Waals surface area contributed by atoms with Gasteiger partial charge in [0.1, 0.15) is 18.6 Å². The number of aromatic amines is 1. The molecular weight excluding hydrogens is 404 g/mol. The summed E-state index contributed by atoms with van der Waals surface area (Å²) < 4.78 is 0. The van der Waals surface area contributed by atoms with Crippen molar-refractivity contribution in [3.05, 3.63) is 54.1 Å². The number of aromatic nitrogens is 2. The standard InChI is InChI=1S/C20H26N6O5/c1-12(25-19(30)15(21)7-13-5-3-2-4-6-13)18(29)26-16(8-14-9-22-11-24-14)20(31)23-10-17(27)28/h2-6,9,11-12,15-16H,7-8,10,21H2,1H3,(H,22,24)(H,23,31)(H,25,30)(H,26,29)(H,27,28). The molecule has 3 atom stereocenters. The summed E-state index contributed by atoms with van der Waals surface area (Å²) in [5, 5.41) is 16.0. The second-order valence-electron chi connectivity index (χ2n) is 6.98. The SMILES string of the molecule is CC(NC(=O)C(N)Cc1ccccc1)C(=O)NC(Cc1cnc[nH]1)C(=O)NCC(=O)O. The summed E-state index contributed by atoms with van der Waals surface area (Å²) in [6.45, 7) is 0.875. The monoisotopic (exact) mass is 430 g/mol. The molecule has 0 spiro atoms.